The largest absolute Gasteiger partial charge is 0.467 e. The molecule has 0 bridgehead atoms. The van der Waals surface area contributed by atoms with Gasteiger partial charge in [-0.2, -0.15) is 11.8 Å². The quantitative estimate of drug-likeness (QED) is 0.419. The molecule has 1 atom stereocenters. The third-order valence-electron chi connectivity index (χ3n) is 1.95. The Balaban J connectivity index is 4.32. The van der Waals surface area contributed by atoms with Gasteiger partial charge in [-0.05, 0) is 20.8 Å². The van der Waals surface area contributed by atoms with Crippen LogP contribution in [0.5, 0.6) is 0 Å². The summed E-state index contributed by atoms with van der Waals surface area (Å²) in [6.45, 7) is 5.22. The maximum Gasteiger partial charge on any atom is 0.408 e. The van der Waals surface area contributed by atoms with Crippen molar-refractivity contribution >= 4 is 23.8 Å². The molecule has 116 valence electrons. The lowest BCUT2D eigenvalue weighted by Gasteiger charge is -2.22. The molecule has 0 fully saturated rings. The average molecular weight is 305 g/mol. The Morgan fingerprint density at radius 1 is 1.35 bits per heavy atom. The van der Waals surface area contributed by atoms with Gasteiger partial charge in [-0.3, -0.25) is 0 Å². The van der Waals surface area contributed by atoms with Crippen LogP contribution in [0.25, 0.3) is 0 Å². The third-order valence-corrected chi connectivity index (χ3v) is 2.94. The number of hydrogen-bond donors (Lipinski definition) is 2. The number of amides is 1. The summed E-state index contributed by atoms with van der Waals surface area (Å²) in [6, 6.07) is -0.762. The van der Waals surface area contributed by atoms with E-state index in [1.807, 2.05) is 0 Å². The van der Waals surface area contributed by atoms with Crippen LogP contribution in [0.4, 0.5) is 4.79 Å². The number of nitrogens with one attached hydrogen (secondary N) is 1. The van der Waals surface area contributed by atoms with Gasteiger partial charge in [0.1, 0.15) is 11.6 Å². The van der Waals surface area contributed by atoms with E-state index in [4.69, 9.17) is 9.84 Å². The van der Waals surface area contributed by atoms with Crippen LogP contribution in [-0.4, -0.2) is 54.0 Å². The number of aliphatic hydroxyl groups excluding tert-OH is 1. The summed E-state index contributed by atoms with van der Waals surface area (Å²) >= 11 is 1.44. The number of methoxy groups -OCH3 is 1. The fraction of sp³-hybridized carbons (Fsp3) is 0.692. The van der Waals surface area contributed by atoms with Crippen LogP contribution >= 0.6 is 11.8 Å². The summed E-state index contributed by atoms with van der Waals surface area (Å²) in [5, 5.41) is 11.1. The van der Waals surface area contributed by atoms with E-state index in [1.165, 1.54) is 18.9 Å². The Morgan fingerprint density at radius 2 is 2.00 bits per heavy atom. The molecule has 0 radical (unpaired) electrons. The van der Waals surface area contributed by atoms with Crippen molar-refractivity contribution in [2.75, 3.05) is 25.2 Å². The molecule has 20 heavy (non-hydrogen) atoms. The number of carbonyl (C=O) groups is 2. The molecule has 0 unspecified atom stereocenters. The summed E-state index contributed by atoms with van der Waals surface area (Å²) in [6.07, 6.45) is 2.74. The lowest BCUT2D eigenvalue weighted by molar-refractivity contribution is -0.142. The van der Waals surface area contributed by atoms with Crippen LogP contribution in [-0.2, 0) is 14.3 Å². The van der Waals surface area contributed by atoms with Gasteiger partial charge in [-0.25, -0.2) is 9.59 Å². The van der Waals surface area contributed by atoms with Crippen LogP contribution in [0.2, 0.25) is 0 Å². The van der Waals surface area contributed by atoms with Gasteiger partial charge in [0, 0.05) is 11.5 Å². The van der Waals surface area contributed by atoms with Crippen molar-refractivity contribution in [3.63, 3.8) is 0 Å². The Bertz CT molecular complexity index is 338. The molecule has 1 amide bonds. The van der Waals surface area contributed by atoms with Gasteiger partial charge in [0.25, 0.3) is 0 Å². The number of carbonyl (C=O) groups excluding carboxylic acids is 2. The maximum absolute atomic E-state index is 11.6. The molecule has 0 heterocycles. The lowest BCUT2D eigenvalue weighted by Crippen LogP contribution is -2.45. The molecule has 7 heteroatoms. The monoisotopic (exact) mass is 305 g/mol. The Kier molecular flexibility index (Phi) is 9.07. The topological polar surface area (TPSA) is 84.9 Å². The first-order valence-electron chi connectivity index (χ1n) is 6.21. The molecule has 0 aromatic rings. The zero-order valence-corrected chi connectivity index (χ0v) is 13.2. The van der Waals surface area contributed by atoms with Crippen molar-refractivity contribution in [1.29, 1.82) is 0 Å². The van der Waals surface area contributed by atoms with Crippen LogP contribution in [0, 0.1) is 0 Å². The van der Waals surface area contributed by atoms with Gasteiger partial charge in [-0.1, -0.05) is 12.2 Å². The highest BCUT2D eigenvalue weighted by Crippen LogP contribution is 2.09. The molecule has 2 N–H and O–H groups in total. The number of aliphatic hydroxyl groups is 1. The van der Waals surface area contributed by atoms with Gasteiger partial charge >= 0.3 is 12.1 Å². The molecule has 0 aliphatic rings. The van der Waals surface area contributed by atoms with Gasteiger partial charge in [0.2, 0.25) is 0 Å². The van der Waals surface area contributed by atoms with E-state index in [9.17, 15) is 9.59 Å². The number of ether oxygens (including phenoxy) is 2. The molecule has 0 aliphatic heterocycles. The normalized spacial score (nSPS) is 13.1. The first-order chi connectivity index (χ1) is 9.30. The van der Waals surface area contributed by atoms with Crippen molar-refractivity contribution < 1.29 is 24.2 Å². The van der Waals surface area contributed by atoms with Crippen molar-refractivity contribution in [2.45, 2.75) is 32.4 Å². The molecule has 0 saturated carbocycles. The number of hydrogen-bond acceptors (Lipinski definition) is 6. The van der Waals surface area contributed by atoms with Crippen LogP contribution in [0.1, 0.15) is 20.8 Å². The van der Waals surface area contributed by atoms with Crippen molar-refractivity contribution in [1.82, 2.24) is 5.32 Å². The van der Waals surface area contributed by atoms with Gasteiger partial charge in [0.15, 0.2) is 0 Å². The van der Waals surface area contributed by atoms with E-state index in [1.54, 1.807) is 32.9 Å². The van der Waals surface area contributed by atoms with E-state index in [-0.39, 0.29) is 6.61 Å². The molecule has 6 nitrogen and oxygen atoms in total. The number of esters is 1. The van der Waals surface area contributed by atoms with E-state index < -0.39 is 23.7 Å². The highest BCUT2D eigenvalue weighted by Gasteiger charge is 2.24. The van der Waals surface area contributed by atoms with E-state index >= 15 is 0 Å². The summed E-state index contributed by atoms with van der Waals surface area (Å²) in [4.78, 5) is 23.2. The summed E-state index contributed by atoms with van der Waals surface area (Å²) in [5.41, 5.74) is -0.623. The molecule has 0 rings (SSSR count). The Labute approximate surface area is 123 Å². The lowest BCUT2D eigenvalue weighted by atomic mass is 10.2. The Hall–Kier alpha value is -1.21. The predicted octanol–water partition coefficient (Wildman–Crippen LogP) is 1.33. The van der Waals surface area contributed by atoms with Gasteiger partial charge in [-0.15, -0.1) is 0 Å². The van der Waals surface area contributed by atoms with Crippen LogP contribution in [0.3, 0.4) is 0 Å². The maximum atomic E-state index is 11.6. The molecule has 0 aromatic heterocycles. The number of alkyl carbamates (subject to hydrolysis) is 1. The summed E-state index contributed by atoms with van der Waals surface area (Å²) in [7, 11) is 1.27. The average Bonchev–Trinajstić information content (AvgIpc) is 2.34. The van der Waals surface area contributed by atoms with Gasteiger partial charge < -0.3 is 19.9 Å². The highest BCUT2D eigenvalue weighted by atomic mass is 32.2. The number of thioether (sulfide) groups is 1. The smallest absolute Gasteiger partial charge is 0.408 e. The zero-order chi connectivity index (χ0) is 15.6. The van der Waals surface area contributed by atoms with Crippen molar-refractivity contribution in [3.05, 3.63) is 12.2 Å². The first-order valence-corrected chi connectivity index (χ1v) is 7.36. The van der Waals surface area contributed by atoms with E-state index in [0.29, 0.717) is 11.5 Å². The highest BCUT2D eigenvalue weighted by molar-refractivity contribution is 7.99. The molecule has 0 spiro atoms. The first kappa shape index (κ1) is 18.8. The standard InChI is InChI=1S/C13H23NO5S/c1-13(2,3)19-12(17)14-10(11(16)18-4)9-20-8-6-5-7-15/h5-6,10,15H,7-9H2,1-4H3,(H,14,17)/b6-5+/t10-/m0/s1. The molecule has 0 saturated heterocycles. The fourth-order valence-electron chi connectivity index (χ4n) is 1.16. The van der Waals surface area contributed by atoms with E-state index in [2.05, 4.69) is 10.1 Å². The molecule has 0 aromatic carbocycles. The summed E-state index contributed by atoms with van der Waals surface area (Å²) in [5.74, 6) is 0.473. The Morgan fingerprint density at radius 3 is 2.50 bits per heavy atom. The third kappa shape index (κ3) is 9.69. The van der Waals surface area contributed by atoms with Crippen molar-refractivity contribution in [2.24, 2.45) is 0 Å². The minimum atomic E-state index is -0.762. The van der Waals surface area contributed by atoms with Crippen molar-refractivity contribution in [3.8, 4) is 0 Å². The summed E-state index contributed by atoms with van der Waals surface area (Å²) < 4.78 is 9.73. The second-order valence-electron chi connectivity index (χ2n) is 4.91. The van der Waals surface area contributed by atoms with Gasteiger partial charge in [0.05, 0.1) is 13.7 Å². The molecular weight excluding hydrogens is 282 g/mol. The fourth-order valence-corrected chi connectivity index (χ4v) is 2.02. The molecular formula is C13H23NO5S. The second kappa shape index (κ2) is 9.66. The second-order valence-corrected chi connectivity index (χ2v) is 5.99. The minimum absolute atomic E-state index is 0.0167. The molecule has 0 aliphatic carbocycles. The minimum Gasteiger partial charge on any atom is -0.467 e. The number of rotatable bonds is 7. The SMILES string of the molecule is COC(=O)[C@H](CSC/C=C/CO)NC(=O)OC(C)(C)C. The van der Waals surface area contributed by atoms with Crippen LogP contribution in [0.15, 0.2) is 12.2 Å². The van der Waals surface area contributed by atoms with E-state index in [0.717, 1.165) is 0 Å². The predicted molar refractivity (Wildman–Crippen MR) is 78.7 cm³/mol. The van der Waals surface area contributed by atoms with Crippen LogP contribution < -0.4 is 5.32 Å². The zero-order valence-electron chi connectivity index (χ0n) is 12.3.